The molecule has 1 aromatic heterocycles. The van der Waals surface area contributed by atoms with Crippen LogP contribution in [0.25, 0.3) is 11.0 Å². The molecule has 0 fully saturated rings. The maximum atomic E-state index is 12.4. The molecular formula is C12H13BrF3N3O. The highest BCUT2D eigenvalue weighted by Gasteiger charge is 2.32. The number of nitrogens with zero attached hydrogens (tertiary/aromatic N) is 2. The zero-order chi connectivity index (χ0) is 15.2. The van der Waals surface area contributed by atoms with Gasteiger partial charge in [-0.3, -0.25) is 9.13 Å². The molecular weight excluding hydrogens is 339 g/mol. The van der Waals surface area contributed by atoms with Crippen molar-refractivity contribution in [3.05, 3.63) is 32.7 Å². The molecule has 2 N–H and O–H groups in total. The van der Waals surface area contributed by atoms with E-state index >= 15 is 0 Å². The number of aromatic nitrogens is 2. The first-order valence-corrected chi connectivity index (χ1v) is 6.58. The van der Waals surface area contributed by atoms with E-state index in [0.29, 0.717) is 21.1 Å². The summed E-state index contributed by atoms with van der Waals surface area (Å²) in [6.45, 7) is 0. The van der Waals surface area contributed by atoms with E-state index in [1.54, 1.807) is 20.2 Å². The maximum Gasteiger partial charge on any atom is 0.390 e. The Kier molecular flexibility index (Phi) is 3.72. The molecule has 0 saturated carbocycles. The second kappa shape index (κ2) is 4.92. The SMILES string of the molecule is Cn1c(=O)n(C)c2cc(C(N)CC(F)(F)F)c(Br)cc21. The van der Waals surface area contributed by atoms with Gasteiger partial charge in [0.2, 0.25) is 0 Å². The molecule has 0 bridgehead atoms. The third kappa shape index (κ3) is 2.62. The van der Waals surface area contributed by atoms with Gasteiger partial charge in [-0.15, -0.1) is 0 Å². The first-order chi connectivity index (χ1) is 9.11. The van der Waals surface area contributed by atoms with E-state index in [4.69, 9.17) is 5.73 Å². The van der Waals surface area contributed by atoms with Gasteiger partial charge < -0.3 is 5.73 Å². The van der Waals surface area contributed by atoms with Crippen molar-refractivity contribution in [1.82, 2.24) is 9.13 Å². The highest BCUT2D eigenvalue weighted by molar-refractivity contribution is 9.10. The second-order valence-electron chi connectivity index (χ2n) is 4.69. The fourth-order valence-electron chi connectivity index (χ4n) is 2.18. The number of halogens is 4. The summed E-state index contributed by atoms with van der Waals surface area (Å²) in [5, 5.41) is 0. The third-order valence-electron chi connectivity index (χ3n) is 3.24. The van der Waals surface area contributed by atoms with Crippen molar-refractivity contribution in [2.75, 3.05) is 0 Å². The van der Waals surface area contributed by atoms with Crippen LogP contribution < -0.4 is 11.4 Å². The smallest absolute Gasteiger partial charge is 0.324 e. The minimum absolute atomic E-state index is 0.242. The topological polar surface area (TPSA) is 53.0 Å². The van der Waals surface area contributed by atoms with Crippen LogP contribution in [0.4, 0.5) is 13.2 Å². The van der Waals surface area contributed by atoms with Gasteiger partial charge in [-0.2, -0.15) is 13.2 Å². The number of rotatable bonds is 2. The molecule has 8 heteroatoms. The highest BCUT2D eigenvalue weighted by Crippen LogP contribution is 2.33. The summed E-state index contributed by atoms with van der Waals surface area (Å²) in [5.74, 6) is 0. The van der Waals surface area contributed by atoms with Crippen LogP contribution in [0.3, 0.4) is 0 Å². The highest BCUT2D eigenvalue weighted by atomic mass is 79.9. The van der Waals surface area contributed by atoms with Gasteiger partial charge in [-0.1, -0.05) is 15.9 Å². The van der Waals surface area contributed by atoms with Crippen LogP contribution in [0.1, 0.15) is 18.0 Å². The Morgan fingerprint density at radius 1 is 1.25 bits per heavy atom. The molecule has 0 amide bonds. The Labute approximate surface area is 121 Å². The first kappa shape index (κ1) is 15.1. The van der Waals surface area contributed by atoms with E-state index in [1.165, 1.54) is 15.2 Å². The number of imidazole rings is 1. The standard InChI is InChI=1S/C12H13BrF3N3O/c1-18-9-3-6(8(17)5-12(14,15)16)7(13)4-10(9)19(2)11(18)20/h3-4,8H,5,17H2,1-2H3. The zero-order valence-electron chi connectivity index (χ0n) is 10.8. The molecule has 2 aromatic rings. The molecule has 0 saturated heterocycles. The summed E-state index contributed by atoms with van der Waals surface area (Å²) in [4.78, 5) is 11.8. The number of benzene rings is 1. The van der Waals surface area contributed by atoms with Crippen LogP contribution in [-0.4, -0.2) is 15.3 Å². The van der Waals surface area contributed by atoms with E-state index in [1.807, 2.05) is 0 Å². The van der Waals surface area contributed by atoms with Crippen LogP contribution in [0.2, 0.25) is 0 Å². The second-order valence-corrected chi connectivity index (χ2v) is 5.54. The number of fused-ring (bicyclic) bond motifs is 1. The Balaban J connectivity index is 2.59. The molecule has 1 unspecified atom stereocenters. The maximum absolute atomic E-state index is 12.4. The van der Waals surface area contributed by atoms with Crippen LogP contribution >= 0.6 is 15.9 Å². The van der Waals surface area contributed by atoms with Gasteiger partial charge in [0.15, 0.2) is 0 Å². The fraction of sp³-hybridized carbons (Fsp3) is 0.417. The summed E-state index contributed by atoms with van der Waals surface area (Å²) in [6, 6.07) is 1.96. The quantitative estimate of drug-likeness (QED) is 0.903. The van der Waals surface area contributed by atoms with Crippen molar-refractivity contribution in [2.45, 2.75) is 18.6 Å². The van der Waals surface area contributed by atoms with Gasteiger partial charge in [0.05, 0.1) is 17.5 Å². The molecule has 0 spiro atoms. The molecule has 0 aliphatic carbocycles. The molecule has 4 nitrogen and oxygen atoms in total. The number of nitrogens with two attached hydrogens (primary N) is 1. The summed E-state index contributed by atoms with van der Waals surface area (Å²) in [6.07, 6.45) is -5.45. The molecule has 1 aromatic carbocycles. The lowest BCUT2D eigenvalue weighted by Crippen LogP contribution is -2.20. The number of aryl methyl sites for hydroxylation is 2. The van der Waals surface area contributed by atoms with Gasteiger partial charge in [0, 0.05) is 24.6 Å². The molecule has 1 atom stereocenters. The number of hydrogen-bond donors (Lipinski definition) is 1. The lowest BCUT2D eigenvalue weighted by Gasteiger charge is -2.16. The van der Waals surface area contributed by atoms with Crippen LogP contribution in [0.15, 0.2) is 21.4 Å². The average Bonchev–Trinajstić information content (AvgIpc) is 2.51. The zero-order valence-corrected chi connectivity index (χ0v) is 12.4. The van der Waals surface area contributed by atoms with Gasteiger partial charge in [0.1, 0.15) is 0 Å². The molecule has 0 aliphatic rings. The largest absolute Gasteiger partial charge is 0.390 e. The van der Waals surface area contributed by atoms with E-state index in [9.17, 15) is 18.0 Å². The Morgan fingerprint density at radius 3 is 2.25 bits per heavy atom. The van der Waals surface area contributed by atoms with Crippen molar-refractivity contribution in [2.24, 2.45) is 19.8 Å². The minimum Gasteiger partial charge on any atom is -0.324 e. The molecule has 1 heterocycles. The van der Waals surface area contributed by atoms with E-state index in [0.717, 1.165) is 0 Å². The monoisotopic (exact) mass is 351 g/mol. The summed E-state index contributed by atoms with van der Waals surface area (Å²) in [5.41, 5.74) is 6.89. The lowest BCUT2D eigenvalue weighted by atomic mass is 10.0. The molecule has 20 heavy (non-hydrogen) atoms. The van der Waals surface area contributed by atoms with Crippen LogP contribution in [-0.2, 0) is 14.1 Å². The Bertz CT molecular complexity index is 717. The summed E-state index contributed by atoms with van der Waals surface area (Å²) < 4.78 is 40.6. The normalized spacial score (nSPS) is 13.9. The van der Waals surface area contributed by atoms with Gasteiger partial charge in [-0.05, 0) is 17.7 Å². The average molecular weight is 352 g/mol. The van der Waals surface area contributed by atoms with Crippen molar-refractivity contribution in [1.29, 1.82) is 0 Å². The van der Waals surface area contributed by atoms with Crippen molar-refractivity contribution < 1.29 is 13.2 Å². The molecule has 2 rings (SSSR count). The van der Waals surface area contributed by atoms with E-state index < -0.39 is 18.6 Å². The van der Waals surface area contributed by atoms with Crippen molar-refractivity contribution in [3.63, 3.8) is 0 Å². The minimum atomic E-state index is -4.34. The molecule has 0 radical (unpaired) electrons. The lowest BCUT2D eigenvalue weighted by molar-refractivity contribution is -0.138. The fourth-order valence-corrected chi connectivity index (χ4v) is 2.80. The predicted octanol–water partition coefficient (Wildman–Crippen LogP) is 2.59. The van der Waals surface area contributed by atoms with Gasteiger partial charge in [-0.25, -0.2) is 4.79 Å². The number of alkyl halides is 3. The molecule has 110 valence electrons. The van der Waals surface area contributed by atoms with Crippen LogP contribution in [0, 0.1) is 0 Å². The predicted molar refractivity (Wildman–Crippen MR) is 73.5 cm³/mol. The van der Waals surface area contributed by atoms with Gasteiger partial charge in [0.25, 0.3) is 0 Å². The summed E-state index contributed by atoms with van der Waals surface area (Å²) >= 11 is 3.22. The van der Waals surface area contributed by atoms with Crippen LogP contribution in [0.5, 0.6) is 0 Å². The third-order valence-corrected chi connectivity index (χ3v) is 3.93. The first-order valence-electron chi connectivity index (χ1n) is 5.79. The Morgan fingerprint density at radius 2 is 1.75 bits per heavy atom. The van der Waals surface area contributed by atoms with Crippen molar-refractivity contribution >= 4 is 27.0 Å². The van der Waals surface area contributed by atoms with Crippen molar-refractivity contribution in [3.8, 4) is 0 Å². The summed E-state index contributed by atoms with van der Waals surface area (Å²) in [7, 11) is 3.17. The van der Waals surface area contributed by atoms with Gasteiger partial charge >= 0.3 is 11.9 Å². The molecule has 0 aliphatic heterocycles. The van der Waals surface area contributed by atoms with E-state index in [-0.39, 0.29) is 5.69 Å². The van der Waals surface area contributed by atoms with E-state index in [2.05, 4.69) is 15.9 Å². The number of hydrogen-bond acceptors (Lipinski definition) is 2. The Hall–Kier alpha value is -1.28.